The number of hydrogen-bond donors (Lipinski definition) is 0. The highest BCUT2D eigenvalue weighted by Crippen LogP contribution is 2.12. The Hall–Kier alpha value is -0.980. The van der Waals surface area contributed by atoms with Crippen molar-refractivity contribution in [2.24, 2.45) is 0 Å². The molecule has 0 rings (SSSR count). The lowest BCUT2D eigenvalue weighted by Crippen LogP contribution is -1.92. The van der Waals surface area contributed by atoms with E-state index >= 15 is 0 Å². The van der Waals surface area contributed by atoms with Gasteiger partial charge in [-0.3, -0.25) is 0 Å². The number of hydrogen-bond acceptors (Lipinski definition) is 1. The molecule has 0 amide bonds. The van der Waals surface area contributed by atoms with E-state index in [1.165, 1.54) is 0 Å². The molecule has 68 valence electrons. The molecule has 0 aromatic heterocycles. The molecule has 0 atom stereocenters. The molecule has 0 radical (unpaired) electrons. The first-order chi connectivity index (χ1) is 5.61. The molecular formula is C11H18O. The second kappa shape index (κ2) is 5.64. The normalized spacial score (nSPS) is 13.0. The summed E-state index contributed by atoms with van der Waals surface area (Å²) in [5.41, 5.74) is 2.18. The van der Waals surface area contributed by atoms with E-state index in [0.717, 1.165) is 16.9 Å². The summed E-state index contributed by atoms with van der Waals surface area (Å²) >= 11 is 0. The first kappa shape index (κ1) is 11.0. The van der Waals surface area contributed by atoms with Crippen LogP contribution in [0.15, 0.2) is 35.6 Å². The Labute approximate surface area is 75.4 Å². The molecule has 0 aromatic carbocycles. The van der Waals surface area contributed by atoms with E-state index in [-0.39, 0.29) is 0 Å². The molecule has 0 saturated heterocycles. The van der Waals surface area contributed by atoms with Crippen LogP contribution in [0.1, 0.15) is 27.7 Å². The van der Waals surface area contributed by atoms with Crippen LogP contribution in [0.5, 0.6) is 0 Å². The monoisotopic (exact) mass is 166 g/mol. The number of rotatable bonds is 4. The van der Waals surface area contributed by atoms with Gasteiger partial charge in [-0.1, -0.05) is 18.2 Å². The third-order valence-electron chi connectivity index (χ3n) is 1.41. The van der Waals surface area contributed by atoms with Crippen molar-refractivity contribution in [1.82, 2.24) is 0 Å². The van der Waals surface area contributed by atoms with E-state index in [9.17, 15) is 0 Å². The molecule has 0 aliphatic carbocycles. The second-order valence-electron chi connectivity index (χ2n) is 2.76. The molecule has 0 aliphatic heterocycles. The minimum Gasteiger partial charge on any atom is -0.494 e. The standard InChI is InChI=1S/C11H18O/c1-6-11(12-7-2)10(5)8-9(3)4/h6,8H,3,7H2,1-2,4-5H3/b10-8-,11-6+. The summed E-state index contributed by atoms with van der Waals surface area (Å²) in [6.07, 6.45) is 3.99. The topological polar surface area (TPSA) is 9.23 Å². The summed E-state index contributed by atoms with van der Waals surface area (Å²) < 4.78 is 5.41. The maximum Gasteiger partial charge on any atom is 0.117 e. The fourth-order valence-corrected chi connectivity index (χ4v) is 1.02. The molecule has 1 nitrogen and oxygen atoms in total. The highest BCUT2D eigenvalue weighted by Gasteiger charge is 1.97. The van der Waals surface area contributed by atoms with Crippen molar-refractivity contribution < 1.29 is 4.74 Å². The van der Waals surface area contributed by atoms with Crippen LogP contribution >= 0.6 is 0 Å². The largest absolute Gasteiger partial charge is 0.494 e. The van der Waals surface area contributed by atoms with Gasteiger partial charge in [-0.15, -0.1) is 0 Å². The molecule has 12 heavy (non-hydrogen) atoms. The van der Waals surface area contributed by atoms with E-state index in [1.54, 1.807) is 0 Å². The quantitative estimate of drug-likeness (QED) is 0.459. The number of allylic oxidation sites excluding steroid dienone is 4. The maximum absolute atomic E-state index is 5.41. The van der Waals surface area contributed by atoms with Crippen molar-refractivity contribution in [1.29, 1.82) is 0 Å². The van der Waals surface area contributed by atoms with Crippen molar-refractivity contribution in [2.45, 2.75) is 27.7 Å². The van der Waals surface area contributed by atoms with Crippen LogP contribution in [-0.2, 0) is 4.74 Å². The molecule has 0 spiro atoms. The SMILES string of the molecule is C=C(C)/C=C(C)\C(=C/C)OCC. The lowest BCUT2D eigenvalue weighted by Gasteiger charge is -2.07. The van der Waals surface area contributed by atoms with E-state index in [2.05, 4.69) is 6.58 Å². The smallest absolute Gasteiger partial charge is 0.117 e. The molecule has 0 aromatic rings. The van der Waals surface area contributed by atoms with Crippen LogP contribution in [0, 0.1) is 0 Å². The molecule has 0 unspecified atom stereocenters. The third-order valence-corrected chi connectivity index (χ3v) is 1.41. The molecule has 0 heterocycles. The fraction of sp³-hybridized carbons (Fsp3) is 0.455. The predicted octanol–water partition coefficient (Wildman–Crippen LogP) is 3.45. The average Bonchev–Trinajstić information content (AvgIpc) is 1.98. The summed E-state index contributed by atoms with van der Waals surface area (Å²) in [4.78, 5) is 0. The van der Waals surface area contributed by atoms with Crippen molar-refractivity contribution in [2.75, 3.05) is 6.61 Å². The zero-order valence-corrected chi connectivity index (χ0v) is 8.48. The van der Waals surface area contributed by atoms with Crippen molar-refractivity contribution in [3.8, 4) is 0 Å². The zero-order valence-electron chi connectivity index (χ0n) is 8.48. The van der Waals surface area contributed by atoms with Crippen LogP contribution in [0.25, 0.3) is 0 Å². The highest BCUT2D eigenvalue weighted by atomic mass is 16.5. The van der Waals surface area contributed by atoms with Gasteiger partial charge < -0.3 is 4.74 Å². The molecule has 0 aliphatic rings. The van der Waals surface area contributed by atoms with Gasteiger partial charge in [-0.2, -0.15) is 0 Å². The van der Waals surface area contributed by atoms with Crippen molar-refractivity contribution in [3.05, 3.63) is 35.6 Å². The minimum atomic E-state index is 0.709. The Kier molecular flexibility index (Phi) is 5.18. The Balaban J connectivity index is 4.42. The van der Waals surface area contributed by atoms with Gasteiger partial charge in [0.05, 0.1) is 6.61 Å². The van der Waals surface area contributed by atoms with Crippen LogP contribution in [0.4, 0.5) is 0 Å². The van der Waals surface area contributed by atoms with Gasteiger partial charge >= 0.3 is 0 Å². The Morgan fingerprint density at radius 1 is 1.42 bits per heavy atom. The molecule has 0 bridgehead atoms. The molecule has 0 fully saturated rings. The highest BCUT2D eigenvalue weighted by molar-refractivity contribution is 5.30. The van der Waals surface area contributed by atoms with Crippen LogP contribution in [-0.4, -0.2) is 6.61 Å². The Morgan fingerprint density at radius 3 is 2.33 bits per heavy atom. The lowest BCUT2D eigenvalue weighted by atomic mass is 10.2. The predicted molar refractivity (Wildman–Crippen MR) is 54.0 cm³/mol. The van der Waals surface area contributed by atoms with Crippen LogP contribution in [0.3, 0.4) is 0 Å². The first-order valence-electron chi connectivity index (χ1n) is 4.25. The van der Waals surface area contributed by atoms with Gasteiger partial charge in [0.1, 0.15) is 5.76 Å². The van der Waals surface area contributed by atoms with Gasteiger partial charge in [0.25, 0.3) is 0 Å². The van der Waals surface area contributed by atoms with E-state index in [4.69, 9.17) is 4.74 Å². The second-order valence-corrected chi connectivity index (χ2v) is 2.76. The van der Waals surface area contributed by atoms with Gasteiger partial charge in [0.2, 0.25) is 0 Å². The van der Waals surface area contributed by atoms with Gasteiger partial charge in [0.15, 0.2) is 0 Å². The zero-order chi connectivity index (χ0) is 9.56. The van der Waals surface area contributed by atoms with Crippen LogP contribution in [0.2, 0.25) is 0 Å². The van der Waals surface area contributed by atoms with Crippen molar-refractivity contribution >= 4 is 0 Å². The summed E-state index contributed by atoms with van der Waals surface area (Å²) in [7, 11) is 0. The first-order valence-corrected chi connectivity index (χ1v) is 4.25. The lowest BCUT2D eigenvalue weighted by molar-refractivity contribution is 0.237. The molecule has 0 saturated carbocycles. The average molecular weight is 166 g/mol. The van der Waals surface area contributed by atoms with Crippen molar-refractivity contribution in [3.63, 3.8) is 0 Å². The third kappa shape index (κ3) is 4.02. The van der Waals surface area contributed by atoms with E-state index < -0.39 is 0 Å². The number of ether oxygens (including phenoxy) is 1. The minimum absolute atomic E-state index is 0.709. The van der Waals surface area contributed by atoms with Crippen LogP contribution < -0.4 is 0 Å². The maximum atomic E-state index is 5.41. The van der Waals surface area contributed by atoms with Gasteiger partial charge in [-0.05, 0) is 39.3 Å². The molecule has 1 heteroatoms. The molecular weight excluding hydrogens is 148 g/mol. The van der Waals surface area contributed by atoms with E-state index in [0.29, 0.717) is 6.61 Å². The summed E-state index contributed by atoms with van der Waals surface area (Å²) in [5, 5.41) is 0. The van der Waals surface area contributed by atoms with Gasteiger partial charge in [0, 0.05) is 0 Å². The Morgan fingerprint density at radius 2 is 2.00 bits per heavy atom. The van der Waals surface area contributed by atoms with Gasteiger partial charge in [-0.25, -0.2) is 0 Å². The fourth-order valence-electron chi connectivity index (χ4n) is 1.02. The van der Waals surface area contributed by atoms with E-state index in [1.807, 2.05) is 39.8 Å². The Bertz CT molecular complexity index is 209. The molecule has 0 N–H and O–H groups in total. The summed E-state index contributed by atoms with van der Waals surface area (Å²) in [6, 6.07) is 0. The summed E-state index contributed by atoms with van der Waals surface area (Å²) in [6.45, 7) is 12.5. The summed E-state index contributed by atoms with van der Waals surface area (Å²) in [5.74, 6) is 0.945.